The molecule has 0 amide bonds. The number of nitrogens with zero attached hydrogens (tertiary/aromatic N) is 2. The first-order valence-electron chi connectivity index (χ1n) is 3.59. The van der Waals surface area contributed by atoms with Crippen molar-refractivity contribution in [2.24, 2.45) is 0 Å². The van der Waals surface area contributed by atoms with E-state index in [0.29, 0.717) is 5.56 Å². The summed E-state index contributed by atoms with van der Waals surface area (Å²) in [6, 6.07) is 0. The monoisotopic (exact) mass is 204 g/mol. The third kappa shape index (κ3) is 2.60. The van der Waals surface area contributed by atoms with Crippen LogP contribution >= 0.6 is 11.6 Å². The van der Waals surface area contributed by atoms with E-state index in [1.807, 2.05) is 0 Å². The maximum Gasteiger partial charge on any atom is 0.222 e. The summed E-state index contributed by atoms with van der Waals surface area (Å²) in [5.74, 6) is 0. The summed E-state index contributed by atoms with van der Waals surface area (Å²) in [6.07, 6.45) is 0.157. The molecular weight excluding hydrogens is 196 g/mol. The van der Waals surface area contributed by atoms with Crippen LogP contribution in [0.3, 0.4) is 0 Å². The van der Waals surface area contributed by atoms with Crippen LogP contribution in [-0.4, -0.2) is 38.0 Å². The van der Waals surface area contributed by atoms with Gasteiger partial charge in [0.05, 0.1) is 6.61 Å². The van der Waals surface area contributed by atoms with Crippen molar-refractivity contribution in [3.05, 3.63) is 23.2 Å². The Morgan fingerprint density at radius 2 is 1.85 bits per heavy atom. The van der Waals surface area contributed by atoms with Gasteiger partial charge in [0.15, 0.2) is 0 Å². The fourth-order valence-corrected chi connectivity index (χ4v) is 0.895. The molecule has 5 nitrogen and oxygen atoms in total. The maximum atomic E-state index is 9.35. The molecule has 13 heavy (non-hydrogen) atoms. The molecule has 1 aromatic rings. The number of rotatable bonds is 3. The van der Waals surface area contributed by atoms with Gasteiger partial charge in [-0.05, 0) is 11.6 Å². The molecule has 0 aliphatic rings. The van der Waals surface area contributed by atoms with Gasteiger partial charge >= 0.3 is 0 Å². The minimum absolute atomic E-state index is 0.0643. The predicted octanol–water partition coefficient (Wildman–Crippen LogP) is -0.483. The Labute approximate surface area is 79.7 Å². The molecule has 0 fully saturated rings. The summed E-state index contributed by atoms with van der Waals surface area (Å²) in [4.78, 5) is 7.24. The van der Waals surface area contributed by atoms with Crippen LogP contribution in [0, 0.1) is 0 Å². The minimum atomic E-state index is -1.23. The zero-order valence-electron chi connectivity index (χ0n) is 6.63. The molecule has 2 atom stereocenters. The highest BCUT2D eigenvalue weighted by atomic mass is 35.5. The molecule has 2 unspecified atom stereocenters. The molecule has 0 aromatic carbocycles. The number of hydrogen-bond acceptors (Lipinski definition) is 5. The third-order valence-corrected chi connectivity index (χ3v) is 1.73. The highest BCUT2D eigenvalue weighted by molar-refractivity contribution is 6.28. The number of aromatic nitrogens is 2. The summed E-state index contributed by atoms with van der Waals surface area (Å²) in [5, 5.41) is 27.0. The zero-order valence-corrected chi connectivity index (χ0v) is 7.39. The van der Waals surface area contributed by atoms with Gasteiger partial charge in [0.1, 0.15) is 12.2 Å². The molecule has 0 radical (unpaired) electrons. The summed E-state index contributed by atoms with van der Waals surface area (Å²) < 4.78 is 0. The molecule has 0 saturated heterocycles. The first-order valence-corrected chi connectivity index (χ1v) is 3.97. The Morgan fingerprint density at radius 1 is 1.31 bits per heavy atom. The number of hydrogen-bond donors (Lipinski definition) is 3. The van der Waals surface area contributed by atoms with E-state index in [2.05, 4.69) is 9.97 Å². The molecule has 1 rings (SSSR count). The first kappa shape index (κ1) is 10.3. The van der Waals surface area contributed by atoms with E-state index in [-0.39, 0.29) is 5.28 Å². The van der Waals surface area contributed by atoms with Crippen molar-refractivity contribution in [1.82, 2.24) is 9.97 Å². The summed E-state index contributed by atoms with van der Waals surface area (Å²) in [5.41, 5.74) is 0.311. The minimum Gasteiger partial charge on any atom is -0.394 e. The molecule has 1 aromatic heterocycles. The quantitative estimate of drug-likeness (QED) is 0.579. The summed E-state index contributed by atoms with van der Waals surface area (Å²) in [6.45, 7) is -0.524. The summed E-state index contributed by atoms with van der Waals surface area (Å²) in [7, 11) is 0. The molecule has 0 saturated carbocycles. The molecule has 3 N–H and O–H groups in total. The van der Waals surface area contributed by atoms with Crippen LogP contribution < -0.4 is 0 Å². The third-order valence-electron chi connectivity index (χ3n) is 1.53. The predicted molar refractivity (Wildman–Crippen MR) is 45.1 cm³/mol. The van der Waals surface area contributed by atoms with Crippen LogP contribution in [0.25, 0.3) is 0 Å². The van der Waals surface area contributed by atoms with E-state index >= 15 is 0 Å². The lowest BCUT2D eigenvalue weighted by Crippen LogP contribution is -2.22. The average molecular weight is 205 g/mol. The van der Waals surface area contributed by atoms with Crippen molar-refractivity contribution in [3.8, 4) is 0 Å². The number of aliphatic hydroxyl groups excluding tert-OH is 3. The van der Waals surface area contributed by atoms with Crippen LogP contribution in [0.2, 0.25) is 5.28 Å². The standard InChI is InChI=1S/C7H9ClN2O3/c8-7-9-1-4(2-10-7)6(13)5(12)3-11/h1-2,5-6,11-13H,3H2. The van der Waals surface area contributed by atoms with Gasteiger partial charge in [-0.3, -0.25) is 0 Å². The average Bonchev–Trinajstić information content (AvgIpc) is 2.17. The van der Waals surface area contributed by atoms with Crippen molar-refractivity contribution in [2.45, 2.75) is 12.2 Å². The lowest BCUT2D eigenvalue weighted by Gasteiger charge is -2.14. The van der Waals surface area contributed by atoms with Crippen molar-refractivity contribution >= 4 is 11.6 Å². The van der Waals surface area contributed by atoms with Crippen molar-refractivity contribution in [2.75, 3.05) is 6.61 Å². The molecule has 6 heteroatoms. The molecule has 0 spiro atoms. The van der Waals surface area contributed by atoms with Gasteiger partial charge in [0, 0.05) is 18.0 Å². The van der Waals surface area contributed by atoms with Crippen LogP contribution in [0.5, 0.6) is 0 Å². The lowest BCUT2D eigenvalue weighted by molar-refractivity contribution is -0.0155. The molecule has 72 valence electrons. The van der Waals surface area contributed by atoms with Crippen molar-refractivity contribution < 1.29 is 15.3 Å². The Hall–Kier alpha value is -0.750. The maximum absolute atomic E-state index is 9.35. The van der Waals surface area contributed by atoms with Gasteiger partial charge in [-0.25, -0.2) is 9.97 Å². The van der Waals surface area contributed by atoms with Gasteiger partial charge in [-0.2, -0.15) is 0 Å². The van der Waals surface area contributed by atoms with Gasteiger partial charge in [-0.1, -0.05) is 0 Å². The molecule has 0 aliphatic carbocycles. The summed E-state index contributed by atoms with van der Waals surface area (Å²) >= 11 is 5.41. The Kier molecular flexibility index (Phi) is 3.56. The SMILES string of the molecule is OCC(O)C(O)c1cnc(Cl)nc1. The second-order valence-corrected chi connectivity index (χ2v) is 2.82. The van der Waals surface area contributed by atoms with E-state index < -0.39 is 18.8 Å². The van der Waals surface area contributed by atoms with E-state index in [1.54, 1.807) is 0 Å². The van der Waals surface area contributed by atoms with Crippen LogP contribution in [0.15, 0.2) is 12.4 Å². The number of halogens is 1. The van der Waals surface area contributed by atoms with Crippen LogP contribution in [0.1, 0.15) is 11.7 Å². The Bertz CT molecular complexity index is 267. The Balaban J connectivity index is 2.77. The molecule has 0 aliphatic heterocycles. The van der Waals surface area contributed by atoms with Crippen LogP contribution in [0.4, 0.5) is 0 Å². The van der Waals surface area contributed by atoms with Gasteiger partial charge in [0.25, 0.3) is 0 Å². The van der Waals surface area contributed by atoms with E-state index in [4.69, 9.17) is 21.8 Å². The van der Waals surface area contributed by atoms with E-state index in [0.717, 1.165) is 0 Å². The fraction of sp³-hybridized carbons (Fsp3) is 0.429. The second-order valence-electron chi connectivity index (χ2n) is 2.48. The Morgan fingerprint density at radius 3 is 2.31 bits per heavy atom. The topological polar surface area (TPSA) is 86.5 Å². The van der Waals surface area contributed by atoms with Gasteiger partial charge < -0.3 is 15.3 Å². The second kappa shape index (κ2) is 4.48. The van der Waals surface area contributed by atoms with Crippen LogP contribution in [-0.2, 0) is 0 Å². The highest BCUT2D eigenvalue weighted by Crippen LogP contribution is 2.15. The molecule has 1 heterocycles. The number of aliphatic hydroxyl groups is 3. The van der Waals surface area contributed by atoms with E-state index in [1.165, 1.54) is 12.4 Å². The van der Waals surface area contributed by atoms with Crippen molar-refractivity contribution in [1.29, 1.82) is 0 Å². The lowest BCUT2D eigenvalue weighted by atomic mass is 10.1. The molecule has 0 bridgehead atoms. The van der Waals surface area contributed by atoms with Gasteiger partial charge in [-0.15, -0.1) is 0 Å². The van der Waals surface area contributed by atoms with E-state index in [9.17, 15) is 5.11 Å². The largest absolute Gasteiger partial charge is 0.394 e. The highest BCUT2D eigenvalue weighted by Gasteiger charge is 2.17. The molecular formula is C7H9ClN2O3. The van der Waals surface area contributed by atoms with Gasteiger partial charge in [0.2, 0.25) is 5.28 Å². The first-order chi connectivity index (χ1) is 6.15. The zero-order chi connectivity index (χ0) is 9.84. The van der Waals surface area contributed by atoms with Crippen molar-refractivity contribution in [3.63, 3.8) is 0 Å². The normalized spacial score (nSPS) is 15.4. The fourth-order valence-electron chi connectivity index (χ4n) is 0.797. The smallest absolute Gasteiger partial charge is 0.222 e.